The Balaban J connectivity index is 1.39. The van der Waals surface area contributed by atoms with Gasteiger partial charge >= 0.3 is 0 Å². The highest BCUT2D eigenvalue weighted by Gasteiger charge is 2.73. The average Bonchev–Trinajstić information content (AvgIpc) is 3.20. The van der Waals surface area contributed by atoms with E-state index in [0.29, 0.717) is 26.2 Å². The molecule has 4 aliphatic heterocycles. The lowest BCUT2D eigenvalue weighted by Crippen LogP contribution is -2.53. The third-order valence-corrected chi connectivity index (χ3v) is 10.3. The molecular formula is C31H33N3O4S. The predicted octanol–water partition coefficient (Wildman–Crippen LogP) is 2.86. The van der Waals surface area contributed by atoms with Gasteiger partial charge in [0.25, 0.3) is 0 Å². The van der Waals surface area contributed by atoms with Gasteiger partial charge in [-0.25, -0.2) is 0 Å². The largest absolute Gasteiger partial charge is 0.395 e. The van der Waals surface area contributed by atoms with Gasteiger partial charge in [0, 0.05) is 37.5 Å². The van der Waals surface area contributed by atoms with Crippen LogP contribution >= 0.6 is 11.8 Å². The van der Waals surface area contributed by atoms with E-state index in [-0.39, 0.29) is 30.9 Å². The molecule has 2 fully saturated rings. The summed E-state index contributed by atoms with van der Waals surface area (Å²) >= 11 is 1.57. The molecule has 1 spiro atoms. The molecule has 8 heteroatoms. The number of fused-ring (bicyclic) bond motifs is 2. The zero-order chi connectivity index (χ0) is 27.2. The highest BCUT2D eigenvalue weighted by atomic mass is 32.2. The Hall–Kier alpha value is -3.36. The van der Waals surface area contributed by atoms with Crippen molar-refractivity contribution >= 4 is 29.5 Å². The highest BCUT2D eigenvalue weighted by Crippen LogP contribution is 2.65. The molecule has 1 unspecified atom stereocenters. The summed E-state index contributed by atoms with van der Waals surface area (Å²) in [7, 11) is 0. The minimum atomic E-state index is -0.899. The number of nitrogens with zero attached hydrogens (tertiary/aromatic N) is 3. The second-order valence-electron chi connectivity index (χ2n) is 11.0. The Labute approximate surface area is 233 Å². The number of likely N-dealkylation sites (tertiary alicyclic amines) is 1. The summed E-state index contributed by atoms with van der Waals surface area (Å²) in [5, 5.41) is 9.91. The lowest BCUT2D eigenvalue weighted by molar-refractivity contribution is -0.145. The standard InChI is InChI=1S/C31H33N3O4S/c1-30-14-8-16-32(20-22-10-4-2-5-11-22)27(36)24(30)25-28(37)34(18-19-35)26-29(38)33(17-9-15-31(25,26)39-30)21-23-12-6-3-7-13-23/h2-15,24-26,35H,16-21H2,1H3/t24-,25+,26?,30+,31+/m1/s1. The molecule has 4 heterocycles. The molecule has 0 radical (unpaired) electrons. The van der Waals surface area contributed by atoms with Gasteiger partial charge in [-0.2, -0.15) is 0 Å². The molecule has 7 nitrogen and oxygen atoms in total. The summed E-state index contributed by atoms with van der Waals surface area (Å²) < 4.78 is -1.55. The summed E-state index contributed by atoms with van der Waals surface area (Å²) in [6, 6.07) is 18.9. The number of rotatable bonds is 6. The lowest BCUT2D eigenvalue weighted by atomic mass is 9.74. The predicted molar refractivity (Wildman–Crippen MR) is 150 cm³/mol. The van der Waals surface area contributed by atoms with E-state index in [1.165, 1.54) is 4.90 Å². The third-order valence-electron chi connectivity index (χ3n) is 8.50. The van der Waals surface area contributed by atoms with Gasteiger partial charge < -0.3 is 19.8 Å². The SMILES string of the molecule is C[C@]12C=CCN(Cc3ccccc3)C(=O)[C@H]1[C@H]1C(=O)N(CCO)C3C(=O)N(Cc4ccccc4)CC=C[C@@]31S2. The number of β-amino-alcohol motifs (C(OH)–C–C–N with tert-alkyl or cyclic N) is 1. The van der Waals surface area contributed by atoms with Crippen LogP contribution in [0.25, 0.3) is 0 Å². The maximum absolute atomic E-state index is 14.3. The Kier molecular flexibility index (Phi) is 6.63. The number of hydrogen-bond acceptors (Lipinski definition) is 5. The molecule has 1 N–H and O–H groups in total. The van der Waals surface area contributed by atoms with E-state index in [1.807, 2.05) is 90.7 Å². The van der Waals surface area contributed by atoms with Crippen molar-refractivity contribution in [3.8, 4) is 0 Å². The molecule has 0 aromatic heterocycles. The van der Waals surface area contributed by atoms with Crippen molar-refractivity contribution in [1.82, 2.24) is 14.7 Å². The number of thioether (sulfide) groups is 1. The topological polar surface area (TPSA) is 81.2 Å². The number of benzene rings is 2. The van der Waals surface area contributed by atoms with E-state index >= 15 is 0 Å². The Morgan fingerprint density at radius 2 is 1.36 bits per heavy atom. The van der Waals surface area contributed by atoms with Crippen molar-refractivity contribution in [2.75, 3.05) is 26.2 Å². The molecule has 6 rings (SSSR count). The van der Waals surface area contributed by atoms with Crippen LogP contribution in [0.3, 0.4) is 0 Å². The number of amides is 3. The second-order valence-corrected chi connectivity index (χ2v) is 12.8. The van der Waals surface area contributed by atoms with Crippen LogP contribution in [-0.4, -0.2) is 79.3 Å². The van der Waals surface area contributed by atoms with E-state index in [1.54, 1.807) is 16.7 Å². The van der Waals surface area contributed by atoms with Gasteiger partial charge in [0.05, 0.1) is 23.2 Å². The monoisotopic (exact) mass is 543 g/mol. The maximum Gasteiger partial charge on any atom is 0.247 e. The molecule has 0 bridgehead atoms. The van der Waals surface area contributed by atoms with Crippen molar-refractivity contribution in [1.29, 1.82) is 0 Å². The Morgan fingerprint density at radius 3 is 1.95 bits per heavy atom. The lowest BCUT2D eigenvalue weighted by Gasteiger charge is -2.36. The zero-order valence-corrected chi connectivity index (χ0v) is 22.8. The molecule has 202 valence electrons. The first-order chi connectivity index (χ1) is 18.9. The molecular weight excluding hydrogens is 510 g/mol. The molecule has 2 saturated heterocycles. The van der Waals surface area contributed by atoms with E-state index in [4.69, 9.17) is 0 Å². The van der Waals surface area contributed by atoms with Crippen LogP contribution in [0.5, 0.6) is 0 Å². The Morgan fingerprint density at radius 1 is 0.795 bits per heavy atom. The van der Waals surface area contributed by atoms with Gasteiger partial charge in [-0.3, -0.25) is 14.4 Å². The van der Waals surface area contributed by atoms with Crippen molar-refractivity contribution < 1.29 is 19.5 Å². The molecule has 0 saturated carbocycles. The first-order valence-electron chi connectivity index (χ1n) is 13.5. The fourth-order valence-electron chi connectivity index (χ4n) is 6.86. The fraction of sp³-hybridized carbons (Fsp3) is 0.387. The molecule has 39 heavy (non-hydrogen) atoms. The first kappa shape index (κ1) is 25.9. The number of aliphatic hydroxyl groups is 1. The van der Waals surface area contributed by atoms with E-state index in [9.17, 15) is 19.5 Å². The summed E-state index contributed by atoms with van der Waals surface area (Å²) in [4.78, 5) is 47.8. The molecule has 5 atom stereocenters. The highest BCUT2D eigenvalue weighted by molar-refractivity contribution is 8.02. The number of carbonyl (C=O) groups is 3. The van der Waals surface area contributed by atoms with Gasteiger partial charge in [0.2, 0.25) is 17.7 Å². The fourth-order valence-corrected chi connectivity index (χ4v) is 9.02. The van der Waals surface area contributed by atoms with Gasteiger partial charge in [-0.05, 0) is 18.1 Å². The average molecular weight is 544 g/mol. The first-order valence-corrected chi connectivity index (χ1v) is 14.3. The molecule has 4 aliphatic rings. The second kappa shape index (κ2) is 9.99. The van der Waals surface area contributed by atoms with Crippen LogP contribution in [0.1, 0.15) is 18.1 Å². The van der Waals surface area contributed by atoms with Gasteiger partial charge in [0.15, 0.2) is 0 Å². The van der Waals surface area contributed by atoms with Gasteiger partial charge in [-0.1, -0.05) is 85.0 Å². The van der Waals surface area contributed by atoms with Crippen molar-refractivity contribution in [3.05, 3.63) is 96.1 Å². The summed E-state index contributed by atoms with van der Waals surface area (Å²) in [5.74, 6) is -1.75. The van der Waals surface area contributed by atoms with E-state index in [2.05, 4.69) is 6.08 Å². The number of aliphatic hydroxyl groups excluding tert-OH is 1. The smallest absolute Gasteiger partial charge is 0.247 e. The van der Waals surface area contributed by atoms with Crippen LogP contribution < -0.4 is 0 Å². The minimum Gasteiger partial charge on any atom is -0.395 e. The van der Waals surface area contributed by atoms with E-state index < -0.39 is 27.4 Å². The normalized spacial score (nSPS) is 31.7. The van der Waals surface area contributed by atoms with E-state index in [0.717, 1.165) is 11.1 Å². The molecule has 3 amide bonds. The number of carbonyl (C=O) groups excluding carboxylic acids is 3. The Bertz CT molecular complexity index is 1330. The van der Waals surface area contributed by atoms with Gasteiger partial charge in [-0.15, -0.1) is 11.8 Å². The van der Waals surface area contributed by atoms with Crippen LogP contribution in [0.2, 0.25) is 0 Å². The minimum absolute atomic E-state index is 0.0578. The van der Waals surface area contributed by atoms with Crippen LogP contribution in [0.15, 0.2) is 85.0 Å². The van der Waals surface area contributed by atoms with Crippen LogP contribution in [0, 0.1) is 11.8 Å². The third kappa shape index (κ3) is 4.21. The van der Waals surface area contributed by atoms with Crippen molar-refractivity contribution in [2.45, 2.75) is 35.5 Å². The quantitative estimate of drug-likeness (QED) is 0.567. The van der Waals surface area contributed by atoms with Gasteiger partial charge in [0.1, 0.15) is 6.04 Å². The summed E-state index contributed by atoms with van der Waals surface area (Å²) in [6.45, 7) is 3.62. The maximum atomic E-state index is 14.3. The van der Waals surface area contributed by atoms with Crippen LogP contribution in [0.4, 0.5) is 0 Å². The molecule has 0 aliphatic carbocycles. The van der Waals surface area contributed by atoms with Crippen molar-refractivity contribution in [2.24, 2.45) is 11.8 Å². The zero-order valence-electron chi connectivity index (χ0n) is 22.0. The number of hydrogen-bond donors (Lipinski definition) is 1. The molecule has 2 aromatic carbocycles. The molecule has 2 aromatic rings. The summed E-state index contributed by atoms with van der Waals surface area (Å²) in [6.07, 6.45) is 8.11. The summed E-state index contributed by atoms with van der Waals surface area (Å²) in [5.41, 5.74) is 2.04. The van der Waals surface area contributed by atoms with Crippen molar-refractivity contribution in [3.63, 3.8) is 0 Å². The van der Waals surface area contributed by atoms with Crippen LogP contribution in [-0.2, 0) is 27.5 Å².